The number of nitrogens with one attached hydrogen (secondary N) is 3. The standard InChI is InChI=1S/C20H15ClFN3O4S/c21-16-9-2-1-8-15(16)20(27)24-23-19(26)13-6-5-7-14(12-13)30(28,29)25-18-11-4-3-10-17(18)22/h1-12,25H,(H,23,26)(H,24,27). The number of amides is 2. The molecule has 0 unspecified atom stereocenters. The second-order valence-electron chi connectivity index (χ2n) is 6.00. The van der Waals surface area contributed by atoms with E-state index in [2.05, 4.69) is 15.6 Å². The molecule has 0 aliphatic carbocycles. The van der Waals surface area contributed by atoms with Gasteiger partial charge in [-0.15, -0.1) is 0 Å². The lowest BCUT2D eigenvalue weighted by Gasteiger charge is -2.11. The Morgan fingerprint density at radius 3 is 2.23 bits per heavy atom. The SMILES string of the molecule is O=C(NNC(=O)c1ccccc1Cl)c1cccc(S(=O)(=O)Nc2ccccc2F)c1. The summed E-state index contributed by atoms with van der Waals surface area (Å²) in [5, 5.41) is 0.205. The van der Waals surface area contributed by atoms with Gasteiger partial charge in [0.05, 0.1) is 21.2 Å². The maximum atomic E-state index is 13.7. The molecule has 0 aliphatic heterocycles. The normalized spacial score (nSPS) is 10.9. The molecule has 7 nitrogen and oxygen atoms in total. The van der Waals surface area contributed by atoms with Crippen molar-refractivity contribution in [2.45, 2.75) is 4.90 Å². The van der Waals surface area contributed by atoms with Crippen LogP contribution in [0.15, 0.2) is 77.7 Å². The fraction of sp³-hybridized carbons (Fsp3) is 0. The van der Waals surface area contributed by atoms with Crippen molar-refractivity contribution in [3.8, 4) is 0 Å². The van der Waals surface area contributed by atoms with Gasteiger partial charge in [-0.25, -0.2) is 12.8 Å². The molecule has 0 saturated carbocycles. The molecule has 3 aromatic rings. The van der Waals surface area contributed by atoms with Gasteiger partial charge in [-0.3, -0.25) is 25.2 Å². The van der Waals surface area contributed by atoms with Crippen molar-refractivity contribution < 1.29 is 22.4 Å². The second-order valence-corrected chi connectivity index (χ2v) is 8.09. The van der Waals surface area contributed by atoms with Gasteiger partial charge in [0.1, 0.15) is 5.82 Å². The van der Waals surface area contributed by atoms with Crippen LogP contribution in [0.5, 0.6) is 0 Å². The molecule has 3 N–H and O–H groups in total. The van der Waals surface area contributed by atoms with Gasteiger partial charge in [-0.1, -0.05) is 41.9 Å². The fourth-order valence-electron chi connectivity index (χ4n) is 2.45. The molecule has 2 amide bonds. The third-order valence-corrected chi connectivity index (χ3v) is 5.63. The Balaban J connectivity index is 1.73. The number of rotatable bonds is 5. The number of hydrazine groups is 1. The molecule has 0 spiro atoms. The van der Waals surface area contributed by atoms with E-state index in [1.54, 1.807) is 12.1 Å². The average molecular weight is 448 g/mol. The number of carbonyl (C=O) groups excluding carboxylic acids is 2. The Hall–Kier alpha value is -3.43. The van der Waals surface area contributed by atoms with Gasteiger partial charge in [-0.05, 0) is 42.5 Å². The Morgan fingerprint density at radius 1 is 0.833 bits per heavy atom. The third-order valence-electron chi connectivity index (χ3n) is 3.93. The van der Waals surface area contributed by atoms with Crippen molar-refractivity contribution in [1.29, 1.82) is 0 Å². The van der Waals surface area contributed by atoms with E-state index in [0.29, 0.717) is 0 Å². The number of anilines is 1. The van der Waals surface area contributed by atoms with Crippen molar-refractivity contribution in [2.75, 3.05) is 4.72 Å². The van der Waals surface area contributed by atoms with Gasteiger partial charge in [0.2, 0.25) is 0 Å². The smallest absolute Gasteiger partial charge is 0.271 e. The van der Waals surface area contributed by atoms with Gasteiger partial charge in [0.25, 0.3) is 21.8 Å². The highest BCUT2D eigenvalue weighted by molar-refractivity contribution is 7.92. The van der Waals surface area contributed by atoms with E-state index in [0.717, 1.165) is 12.1 Å². The quantitative estimate of drug-likeness (QED) is 0.521. The van der Waals surface area contributed by atoms with Crippen LogP contribution < -0.4 is 15.6 Å². The number of halogens is 2. The first-order valence-electron chi connectivity index (χ1n) is 8.50. The van der Waals surface area contributed by atoms with E-state index in [1.807, 2.05) is 0 Å². The number of benzene rings is 3. The molecule has 10 heteroatoms. The van der Waals surface area contributed by atoms with Crippen LogP contribution in [0.2, 0.25) is 5.02 Å². The number of sulfonamides is 1. The lowest BCUT2D eigenvalue weighted by Crippen LogP contribution is -2.41. The van der Waals surface area contributed by atoms with Crippen LogP contribution in [0.1, 0.15) is 20.7 Å². The molecule has 0 heterocycles. The highest BCUT2D eigenvalue weighted by Gasteiger charge is 2.18. The number of hydrogen-bond donors (Lipinski definition) is 3. The van der Waals surface area contributed by atoms with Crippen LogP contribution in [0.25, 0.3) is 0 Å². The molecule has 0 saturated heterocycles. The molecule has 3 aromatic carbocycles. The molecule has 30 heavy (non-hydrogen) atoms. The summed E-state index contributed by atoms with van der Waals surface area (Å²) >= 11 is 5.93. The lowest BCUT2D eigenvalue weighted by molar-refractivity contribution is 0.0846. The first-order valence-corrected chi connectivity index (χ1v) is 10.4. The minimum Gasteiger partial charge on any atom is -0.277 e. The summed E-state index contributed by atoms with van der Waals surface area (Å²) in [6.07, 6.45) is 0. The van der Waals surface area contributed by atoms with E-state index >= 15 is 0 Å². The molecular formula is C20H15ClFN3O4S. The molecule has 0 aliphatic rings. The van der Waals surface area contributed by atoms with Gasteiger partial charge in [0.15, 0.2) is 0 Å². The average Bonchev–Trinajstić information content (AvgIpc) is 2.74. The number of carbonyl (C=O) groups is 2. The Bertz CT molecular complexity index is 1220. The maximum Gasteiger partial charge on any atom is 0.271 e. The lowest BCUT2D eigenvalue weighted by atomic mass is 10.2. The monoisotopic (exact) mass is 447 g/mol. The van der Waals surface area contributed by atoms with Gasteiger partial charge in [-0.2, -0.15) is 0 Å². The molecule has 0 radical (unpaired) electrons. The maximum absolute atomic E-state index is 13.7. The van der Waals surface area contributed by atoms with Crippen molar-refractivity contribution >= 4 is 39.1 Å². The topological polar surface area (TPSA) is 104 Å². The van der Waals surface area contributed by atoms with Crippen LogP contribution in [0.3, 0.4) is 0 Å². The zero-order valence-electron chi connectivity index (χ0n) is 15.2. The molecule has 0 atom stereocenters. The highest BCUT2D eigenvalue weighted by Crippen LogP contribution is 2.19. The Labute approximate surface area is 176 Å². The summed E-state index contributed by atoms with van der Waals surface area (Å²) < 4.78 is 40.9. The predicted octanol–water partition coefficient (Wildman–Crippen LogP) is 3.35. The summed E-state index contributed by atoms with van der Waals surface area (Å²) in [5.41, 5.74) is 4.29. The summed E-state index contributed by atoms with van der Waals surface area (Å²) in [6.45, 7) is 0. The summed E-state index contributed by atoms with van der Waals surface area (Å²) in [5.74, 6) is -2.13. The number of para-hydroxylation sites is 1. The van der Waals surface area contributed by atoms with Crippen molar-refractivity contribution in [2.24, 2.45) is 0 Å². The molecule has 0 fully saturated rings. The second kappa shape index (κ2) is 8.93. The van der Waals surface area contributed by atoms with Crippen LogP contribution >= 0.6 is 11.6 Å². The van der Waals surface area contributed by atoms with Gasteiger partial charge in [0, 0.05) is 5.56 Å². The van der Waals surface area contributed by atoms with E-state index < -0.39 is 27.7 Å². The Kier molecular flexibility index (Phi) is 6.34. The predicted molar refractivity (Wildman–Crippen MR) is 110 cm³/mol. The first kappa shape index (κ1) is 21.3. The van der Waals surface area contributed by atoms with Crippen LogP contribution in [-0.4, -0.2) is 20.2 Å². The molecule has 0 aromatic heterocycles. The summed E-state index contributed by atoms with van der Waals surface area (Å²) in [7, 11) is -4.15. The molecule has 0 bridgehead atoms. The van der Waals surface area contributed by atoms with Gasteiger partial charge < -0.3 is 0 Å². The van der Waals surface area contributed by atoms with Crippen molar-refractivity contribution in [1.82, 2.24) is 10.9 Å². The van der Waals surface area contributed by atoms with Gasteiger partial charge >= 0.3 is 0 Å². The van der Waals surface area contributed by atoms with Crippen molar-refractivity contribution in [3.05, 3.63) is 94.8 Å². The third kappa shape index (κ3) is 4.94. The van der Waals surface area contributed by atoms with Crippen LogP contribution in [0.4, 0.5) is 10.1 Å². The first-order chi connectivity index (χ1) is 14.3. The molecular weight excluding hydrogens is 433 g/mol. The zero-order valence-corrected chi connectivity index (χ0v) is 16.8. The fourth-order valence-corrected chi connectivity index (χ4v) is 3.78. The van der Waals surface area contributed by atoms with Crippen molar-refractivity contribution in [3.63, 3.8) is 0 Å². The van der Waals surface area contributed by atoms with E-state index in [4.69, 9.17) is 11.6 Å². The molecule has 3 rings (SSSR count). The Morgan fingerprint density at radius 2 is 1.50 bits per heavy atom. The summed E-state index contributed by atoms with van der Waals surface area (Å²) in [4.78, 5) is 24.2. The molecule has 154 valence electrons. The zero-order chi connectivity index (χ0) is 21.7. The van der Waals surface area contributed by atoms with E-state index in [1.165, 1.54) is 48.5 Å². The highest BCUT2D eigenvalue weighted by atomic mass is 35.5. The number of hydrogen-bond acceptors (Lipinski definition) is 4. The minimum atomic E-state index is -4.15. The van der Waals surface area contributed by atoms with Crippen LogP contribution in [0, 0.1) is 5.82 Å². The van der Waals surface area contributed by atoms with E-state index in [9.17, 15) is 22.4 Å². The van der Waals surface area contributed by atoms with Crippen LogP contribution in [-0.2, 0) is 10.0 Å². The summed E-state index contributed by atoms with van der Waals surface area (Å²) in [6, 6.07) is 16.6. The van der Waals surface area contributed by atoms with E-state index in [-0.39, 0.29) is 26.7 Å². The minimum absolute atomic E-state index is 0.0362. The largest absolute Gasteiger partial charge is 0.277 e.